The first kappa shape index (κ1) is 13.9. The molecule has 0 fully saturated rings. The van der Waals surface area contributed by atoms with Gasteiger partial charge in [-0.25, -0.2) is 0 Å². The lowest BCUT2D eigenvalue weighted by molar-refractivity contribution is 0.870. The molecule has 0 aromatic heterocycles. The van der Waals surface area contributed by atoms with Crippen LogP contribution in [-0.2, 0) is 0 Å². The highest BCUT2D eigenvalue weighted by molar-refractivity contribution is 6.00. The molecule has 0 aliphatic rings. The van der Waals surface area contributed by atoms with E-state index in [0.29, 0.717) is 5.92 Å². The maximum absolute atomic E-state index is 2.30. The van der Waals surface area contributed by atoms with Crippen LogP contribution >= 0.6 is 0 Å². The molecule has 21 heavy (non-hydrogen) atoms. The van der Waals surface area contributed by atoms with E-state index in [-0.39, 0.29) is 0 Å². The van der Waals surface area contributed by atoms with Gasteiger partial charge in [-0.3, -0.25) is 0 Å². The maximum atomic E-state index is 2.30. The highest BCUT2D eigenvalue weighted by Crippen LogP contribution is 2.38. The topological polar surface area (TPSA) is 0 Å². The Morgan fingerprint density at radius 1 is 0.667 bits per heavy atom. The molecule has 0 aliphatic heterocycles. The van der Waals surface area contributed by atoms with Crippen molar-refractivity contribution in [3.05, 3.63) is 71.3 Å². The summed E-state index contributed by atoms with van der Waals surface area (Å²) in [6, 6.07) is 19.8. The summed E-state index contributed by atoms with van der Waals surface area (Å²) >= 11 is 0. The van der Waals surface area contributed by atoms with Crippen molar-refractivity contribution in [1.29, 1.82) is 0 Å². The summed E-state index contributed by atoms with van der Waals surface area (Å²) in [7, 11) is 0. The normalized spacial score (nSPS) is 11.3. The predicted molar refractivity (Wildman–Crippen MR) is 92.9 cm³/mol. The fourth-order valence-electron chi connectivity index (χ4n) is 3.26. The van der Waals surface area contributed by atoms with E-state index in [9.17, 15) is 0 Å². The van der Waals surface area contributed by atoms with E-state index < -0.39 is 0 Å². The molecule has 0 saturated heterocycles. The minimum absolute atomic E-state index is 0.517. The summed E-state index contributed by atoms with van der Waals surface area (Å²) < 4.78 is 0. The molecular weight excluding hydrogens is 252 g/mol. The van der Waals surface area contributed by atoms with Crippen LogP contribution in [0.2, 0.25) is 0 Å². The van der Waals surface area contributed by atoms with E-state index in [4.69, 9.17) is 0 Å². The van der Waals surface area contributed by atoms with Gasteiger partial charge in [0.05, 0.1) is 0 Å². The van der Waals surface area contributed by atoms with Crippen LogP contribution in [0.1, 0.15) is 36.5 Å². The number of benzene rings is 3. The van der Waals surface area contributed by atoms with Crippen LogP contribution in [-0.4, -0.2) is 0 Å². The van der Waals surface area contributed by atoms with Crippen molar-refractivity contribution < 1.29 is 0 Å². The highest BCUT2D eigenvalue weighted by atomic mass is 14.2. The lowest BCUT2D eigenvalue weighted by Gasteiger charge is -2.19. The summed E-state index contributed by atoms with van der Waals surface area (Å²) in [6.45, 7) is 8.99. The Labute approximate surface area is 127 Å². The molecule has 0 heteroatoms. The van der Waals surface area contributed by atoms with Crippen LogP contribution in [0.5, 0.6) is 0 Å². The molecule has 0 bridgehead atoms. The SMILES string of the molecule is Cc1cccc(C)c1-c1c(C(C)C)ccc2ccccc12. The molecular formula is C21H22. The summed E-state index contributed by atoms with van der Waals surface area (Å²) in [5.41, 5.74) is 6.96. The third-order valence-electron chi connectivity index (χ3n) is 4.31. The van der Waals surface area contributed by atoms with Crippen molar-refractivity contribution in [2.24, 2.45) is 0 Å². The van der Waals surface area contributed by atoms with Crippen LogP contribution in [0.3, 0.4) is 0 Å². The molecule has 3 rings (SSSR count). The van der Waals surface area contributed by atoms with E-state index >= 15 is 0 Å². The third kappa shape index (κ3) is 2.35. The zero-order chi connectivity index (χ0) is 15.0. The number of hydrogen-bond acceptors (Lipinski definition) is 0. The Kier molecular flexibility index (Phi) is 3.55. The molecule has 0 heterocycles. The first-order valence-corrected chi connectivity index (χ1v) is 7.68. The van der Waals surface area contributed by atoms with Crippen LogP contribution in [0.4, 0.5) is 0 Å². The molecule has 0 radical (unpaired) electrons. The van der Waals surface area contributed by atoms with Gasteiger partial charge in [0.2, 0.25) is 0 Å². The van der Waals surface area contributed by atoms with Crippen LogP contribution in [0.25, 0.3) is 21.9 Å². The molecule has 0 atom stereocenters. The highest BCUT2D eigenvalue weighted by Gasteiger charge is 2.15. The van der Waals surface area contributed by atoms with Crippen molar-refractivity contribution in [2.75, 3.05) is 0 Å². The molecule has 0 aliphatic carbocycles. The number of rotatable bonds is 2. The summed E-state index contributed by atoms with van der Waals surface area (Å²) in [5, 5.41) is 2.68. The van der Waals surface area contributed by atoms with Gasteiger partial charge in [-0.05, 0) is 58.4 Å². The molecule has 0 N–H and O–H groups in total. The van der Waals surface area contributed by atoms with E-state index in [1.54, 1.807) is 0 Å². The van der Waals surface area contributed by atoms with Gasteiger partial charge in [0.15, 0.2) is 0 Å². The maximum Gasteiger partial charge on any atom is -0.00654 e. The van der Waals surface area contributed by atoms with Gasteiger partial charge < -0.3 is 0 Å². The molecule has 3 aromatic carbocycles. The second-order valence-corrected chi connectivity index (χ2v) is 6.17. The average Bonchev–Trinajstić information content (AvgIpc) is 2.46. The van der Waals surface area contributed by atoms with E-state index in [1.807, 2.05) is 0 Å². The lowest BCUT2D eigenvalue weighted by atomic mass is 9.85. The summed E-state index contributed by atoms with van der Waals surface area (Å²) in [5.74, 6) is 0.517. The third-order valence-corrected chi connectivity index (χ3v) is 4.31. The van der Waals surface area contributed by atoms with Gasteiger partial charge in [0.1, 0.15) is 0 Å². The largest absolute Gasteiger partial charge is 0.0617 e. The van der Waals surface area contributed by atoms with Crippen LogP contribution < -0.4 is 0 Å². The Balaban J connectivity index is 2.47. The van der Waals surface area contributed by atoms with Gasteiger partial charge >= 0.3 is 0 Å². The second-order valence-electron chi connectivity index (χ2n) is 6.17. The first-order valence-electron chi connectivity index (χ1n) is 7.68. The van der Waals surface area contributed by atoms with Crippen LogP contribution in [0, 0.1) is 13.8 Å². The Morgan fingerprint density at radius 2 is 1.33 bits per heavy atom. The molecule has 0 spiro atoms. The van der Waals surface area contributed by atoms with Crippen molar-refractivity contribution in [1.82, 2.24) is 0 Å². The zero-order valence-electron chi connectivity index (χ0n) is 13.3. The molecule has 0 saturated carbocycles. The number of aryl methyl sites for hydroxylation is 2. The Hall–Kier alpha value is -2.08. The fraction of sp³-hybridized carbons (Fsp3) is 0.238. The van der Waals surface area contributed by atoms with E-state index in [0.717, 1.165) is 0 Å². The van der Waals surface area contributed by atoms with Gasteiger partial charge in [-0.15, -0.1) is 0 Å². The molecule has 0 amide bonds. The minimum Gasteiger partial charge on any atom is -0.0617 e. The number of fused-ring (bicyclic) bond motifs is 1. The summed E-state index contributed by atoms with van der Waals surface area (Å²) in [6.07, 6.45) is 0. The lowest BCUT2D eigenvalue weighted by Crippen LogP contribution is -1.97. The van der Waals surface area contributed by atoms with E-state index in [2.05, 4.69) is 82.3 Å². The quantitative estimate of drug-likeness (QED) is 0.518. The van der Waals surface area contributed by atoms with Gasteiger partial charge in [0.25, 0.3) is 0 Å². The van der Waals surface area contributed by atoms with Gasteiger partial charge in [0, 0.05) is 0 Å². The van der Waals surface area contributed by atoms with Crippen molar-refractivity contribution >= 4 is 10.8 Å². The molecule has 3 aromatic rings. The monoisotopic (exact) mass is 274 g/mol. The average molecular weight is 274 g/mol. The Bertz CT molecular complexity index is 774. The van der Waals surface area contributed by atoms with Gasteiger partial charge in [-0.1, -0.05) is 68.4 Å². The van der Waals surface area contributed by atoms with Crippen molar-refractivity contribution in [3.8, 4) is 11.1 Å². The molecule has 0 unspecified atom stereocenters. The Morgan fingerprint density at radius 3 is 2.00 bits per heavy atom. The summed E-state index contributed by atoms with van der Waals surface area (Å²) in [4.78, 5) is 0. The van der Waals surface area contributed by atoms with E-state index in [1.165, 1.54) is 38.6 Å². The fourth-order valence-corrected chi connectivity index (χ4v) is 3.26. The zero-order valence-corrected chi connectivity index (χ0v) is 13.3. The smallest absolute Gasteiger partial charge is 0.00654 e. The number of hydrogen-bond donors (Lipinski definition) is 0. The standard InChI is InChI=1S/C21H22/c1-14(2)18-13-12-17-10-5-6-11-19(17)21(18)20-15(3)8-7-9-16(20)4/h5-14H,1-4H3. The predicted octanol–water partition coefficient (Wildman–Crippen LogP) is 6.25. The van der Waals surface area contributed by atoms with Gasteiger partial charge in [-0.2, -0.15) is 0 Å². The minimum atomic E-state index is 0.517. The first-order chi connectivity index (χ1) is 10.1. The van der Waals surface area contributed by atoms with Crippen LogP contribution in [0.15, 0.2) is 54.6 Å². The second kappa shape index (κ2) is 5.37. The van der Waals surface area contributed by atoms with Crippen molar-refractivity contribution in [2.45, 2.75) is 33.6 Å². The molecule has 0 nitrogen and oxygen atoms in total. The molecule has 106 valence electrons. The van der Waals surface area contributed by atoms with Crippen molar-refractivity contribution in [3.63, 3.8) is 0 Å².